The topological polar surface area (TPSA) is 52.6 Å². The second-order valence-corrected chi connectivity index (χ2v) is 4.95. The number of carbonyl (C=O) groups excluding carboxylic acids is 2. The van der Waals surface area contributed by atoms with Crippen molar-refractivity contribution in [3.05, 3.63) is 96.1 Å². The van der Waals surface area contributed by atoms with Gasteiger partial charge in [-0.25, -0.2) is 9.59 Å². The van der Waals surface area contributed by atoms with E-state index in [1.807, 2.05) is 18.8 Å². The summed E-state index contributed by atoms with van der Waals surface area (Å²) in [6.07, 6.45) is 0. The van der Waals surface area contributed by atoms with Crippen molar-refractivity contribution in [3.8, 4) is 11.5 Å². The van der Waals surface area contributed by atoms with E-state index < -0.39 is 11.9 Å². The second-order valence-electron chi connectivity index (χ2n) is 4.95. The van der Waals surface area contributed by atoms with Crippen molar-refractivity contribution in [2.45, 2.75) is 0 Å². The lowest BCUT2D eigenvalue weighted by molar-refractivity contribution is 0.0692. The van der Waals surface area contributed by atoms with Crippen molar-refractivity contribution >= 4 is 21.2 Å². The molecule has 132 valence electrons. The van der Waals surface area contributed by atoms with Crippen LogP contribution in [0.3, 0.4) is 0 Å². The SMILES string of the molecule is CP.O=C(Oc1ccccc1)c1ccccc1C(=O)Oc1ccccc1. The van der Waals surface area contributed by atoms with Gasteiger partial charge in [-0.05, 0) is 36.4 Å². The first-order chi connectivity index (χ1) is 12.7. The molecule has 0 heterocycles. The number of esters is 2. The largest absolute Gasteiger partial charge is 0.423 e. The first-order valence-electron chi connectivity index (χ1n) is 7.95. The Morgan fingerprint density at radius 1 is 0.577 bits per heavy atom. The highest BCUT2D eigenvalue weighted by atomic mass is 31.0. The second kappa shape index (κ2) is 10.1. The normalized spacial score (nSPS) is 9.46. The molecule has 5 heteroatoms. The standard InChI is InChI=1S/C20H14O4.CH5P/c21-19(23-15-9-3-1-4-10-15)17-13-7-8-14-18(17)20(22)24-16-11-5-2-6-12-16;1-2/h1-14H;2H2,1H3. The molecule has 26 heavy (non-hydrogen) atoms. The molecule has 0 radical (unpaired) electrons. The Kier molecular flexibility index (Phi) is 7.53. The van der Waals surface area contributed by atoms with Crippen LogP contribution in [0.4, 0.5) is 0 Å². The van der Waals surface area contributed by atoms with E-state index in [9.17, 15) is 9.59 Å². The molecule has 0 saturated heterocycles. The van der Waals surface area contributed by atoms with E-state index in [2.05, 4.69) is 9.24 Å². The van der Waals surface area contributed by atoms with Gasteiger partial charge in [0.05, 0.1) is 11.1 Å². The minimum Gasteiger partial charge on any atom is -0.423 e. The van der Waals surface area contributed by atoms with Gasteiger partial charge < -0.3 is 9.47 Å². The van der Waals surface area contributed by atoms with Gasteiger partial charge in [0.1, 0.15) is 11.5 Å². The molecule has 0 aliphatic heterocycles. The van der Waals surface area contributed by atoms with Crippen LogP contribution in [0.2, 0.25) is 0 Å². The first kappa shape index (κ1) is 19.4. The van der Waals surface area contributed by atoms with E-state index in [1.165, 1.54) is 12.1 Å². The summed E-state index contributed by atoms with van der Waals surface area (Å²) in [5.41, 5.74) is 0.310. The highest BCUT2D eigenvalue weighted by Crippen LogP contribution is 2.17. The number of ether oxygens (including phenoxy) is 2. The molecule has 0 bridgehead atoms. The van der Waals surface area contributed by atoms with Gasteiger partial charge in [0.2, 0.25) is 0 Å². The zero-order valence-electron chi connectivity index (χ0n) is 14.3. The molecule has 1 unspecified atom stereocenters. The molecule has 1 atom stereocenters. The lowest BCUT2D eigenvalue weighted by Crippen LogP contribution is -2.17. The lowest BCUT2D eigenvalue weighted by Gasteiger charge is -2.09. The summed E-state index contributed by atoms with van der Waals surface area (Å²) in [6.45, 7) is 1.92. The summed E-state index contributed by atoms with van der Waals surface area (Å²) >= 11 is 0. The summed E-state index contributed by atoms with van der Waals surface area (Å²) < 4.78 is 10.6. The van der Waals surface area contributed by atoms with Crippen LogP contribution in [0, 0.1) is 0 Å². The fourth-order valence-electron chi connectivity index (χ4n) is 2.14. The Morgan fingerprint density at radius 2 is 0.885 bits per heavy atom. The summed E-state index contributed by atoms with van der Waals surface area (Å²) in [7, 11) is 2.42. The van der Waals surface area contributed by atoms with Crippen LogP contribution in [0.15, 0.2) is 84.9 Å². The van der Waals surface area contributed by atoms with Crippen LogP contribution in [0.5, 0.6) is 11.5 Å². The maximum absolute atomic E-state index is 12.4. The van der Waals surface area contributed by atoms with Crippen molar-refractivity contribution in [3.63, 3.8) is 0 Å². The summed E-state index contributed by atoms with van der Waals surface area (Å²) in [5, 5.41) is 0. The number of benzene rings is 3. The first-order valence-corrected chi connectivity index (χ1v) is 9.11. The van der Waals surface area contributed by atoms with E-state index in [1.54, 1.807) is 60.7 Å². The monoisotopic (exact) mass is 366 g/mol. The zero-order valence-corrected chi connectivity index (χ0v) is 15.4. The molecule has 0 aliphatic rings. The maximum atomic E-state index is 12.4. The Bertz CT molecular complexity index is 776. The van der Waals surface area contributed by atoms with Gasteiger partial charge in [0, 0.05) is 0 Å². The number of hydrogen-bond donors (Lipinski definition) is 0. The molecule has 0 saturated carbocycles. The van der Waals surface area contributed by atoms with Crippen LogP contribution >= 0.6 is 9.24 Å². The van der Waals surface area contributed by atoms with E-state index in [0.29, 0.717) is 11.5 Å². The minimum atomic E-state index is -0.609. The van der Waals surface area contributed by atoms with Crippen LogP contribution in [-0.2, 0) is 0 Å². The van der Waals surface area contributed by atoms with Crippen LogP contribution in [0.1, 0.15) is 20.7 Å². The molecule has 4 nitrogen and oxygen atoms in total. The minimum absolute atomic E-state index is 0.155. The highest BCUT2D eigenvalue weighted by Gasteiger charge is 2.20. The predicted octanol–water partition coefficient (Wildman–Crippen LogP) is 4.62. The van der Waals surface area contributed by atoms with Crippen molar-refractivity contribution in [2.24, 2.45) is 0 Å². The van der Waals surface area contributed by atoms with Gasteiger partial charge in [0.25, 0.3) is 0 Å². The fourth-order valence-corrected chi connectivity index (χ4v) is 2.14. The van der Waals surface area contributed by atoms with E-state index in [4.69, 9.17) is 9.47 Å². The molecule has 0 amide bonds. The van der Waals surface area contributed by atoms with Gasteiger partial charge >= 0.3 is 11.9 Å². The average molecular weight is 366 g/mol. The highest BCUT2D eigenvalue weighted by molar-refractivity contribution is 7.15. The number of hydrogen-bond acceptors (Lipinski definition) is 4. The Morgan fingerprint density at radius 3 is 1.23 bits per heavy atom. The Balaban J connectivity index is 0.00000117. The molecule has 3 aromatic rings. The molecule has 3 rings (SSSR count). The molecular weight excluding hydrogens is 347 g/mol. The van der Waals surface area contributed by atoms with Crippen LogP contribution < -0.4 is 9.47 Å². The number of para-hydroxylation sites is 2. The van der Waals surface area contributed by atoms with Crippen LogP contribution in [-0.4, -0.2) is 18.6 Å². The smallest absolute Gasteiger partial charge is 0.344 e. The third-order valence-electron chi connectivity index (χ3n) is 3.27. The van der Waals surface area contributed by atoms with Crippen molar-refractivity contribution in [1.29, 1.82) is 0 Å². The summed E-state index contributed by atoms with van der Waals surface area (Å²) in [6, 6.07) is 23.8. The molecule has 0 fully saturated rings. The van der Waals surface area contributed by atoms with E-state index in [0.717, 1.165) is 0 Å². The third-order valence-corrected chi connectivity index (χ3v) is 3.27. The fraction of sp³-hybridized carbons (Fsp3) is 0.0476. The van der Waals surface area contributed by atoms with Gasteiger partial charge in [-0.1, -0.05) is 55.2 Å². The van der Waals surface area contributed by atoms with E-state index >= 15 is 0 Å². The van der Waals surface area contributed by atoms with Crippen molar-refractivity contribution in [1.82, 2.24) is 0 Å². The Labute approximate surface area is 155 Å². The molecular formula is C21H19O4P. The third kappa shape index (κ3) is 5.27. The molecule has 0 aromatic heterocycles. The quantitative estimate of drug-likeness (QED) is 0.384. The molecule has 0 aliphatic carbocycles. The summed E-state index contributed by atoms with van der Waals surface area (Å²) in [4.78, 5) is 24.7. The number of carbonyl (C=O) groups is 2. The molecule has 0 N–H and O–H groups in total. The summed E-state index contributed by atoms with van der Waals surface area (Å²) in [5.74, 6) is -0.397. The number of rotatable bonds is 4. The van der Waals surface area contributed by atoms with Gasteiger partial charge in [-0.15, -0.1) is 9.24 Å². The van der Waals surface area contributed by atoms with Crippen molar-refractivity contribution < 1.29 is 19.1 Å². The van der Waals surface area contributed by atoms with Gasteiger partial charge in [-0.3, -0.25) is 0 Å². The Hall–Kier alpha value is -2.97. The predicted molar refractivity (Wildman–Crippen MR) is 105 cm³/mol. The van der Waals surface area contributed by atoms with Gasteiger partial charge in [0.15, 0.2) is 0 Å². The van der Waals surface area contributed by atoms with Gasteiger partial charge in [-0.2, -0.15) is 0 Å². The zero-order chi connectivity index (χ0) is 18.8. The maximum Gasteiger partial charge on any atom is 0.344 e. The lowest BCUT2D eigenvalue weighted by atomic mass is 10.1. The van der Waals surface area contributed by atoms with Crippen molar-refractivity contribution in [2.75, 3.05) is 6.66 Å². The molecule has 0 spiro atoms. The van der Waals surface area contributed by atoms with E-state index in [-0.39, 0.29) is 11.1 Å². The molecule has 3 aromatic carbocycles. The van der Waals surface area contributed by atoms with Crippen LogP contribution in [0.25, 0.3) is 0 Å². The average Bonchev–Trinajstić information content (AvgIpc) is 2.71.